The first-order valence-corrected chi connectivity index (χ1v) is 9.45. The van der Waals surface area contributed by atoms with E-state index in [1.54, 1.807) is 6.07 Å². The summed E-state index contributed by atoms with van der Waals surface area (Å²) in [5.41, 5.74) is 1.64. The van der Waals surface area contributed by atoms with Crippen molar-refractivity contribution >= 4 is 11.7 Å². The summed E-state index contributed by atoms with van der Waals surface area (Å²) in [5.74, 6) is 1.27. The van der Waals surface area contributed by atoms with Crippen LogP contribution >= 0.6 is 0 Å². The predicted octanol–water partition coefficient (Wildman–Crippen LogP) is 4.12. The Hall–Kier alpha value is -2.43. The maximum atomic E-state index is 12.4. The SMILES string of the molecule is CCCCCNC(=O)c1cc(N(Cc2ccccc2)C(C)C)nc(C)n1. The van der Waals surface area contributed by atoms with Crippen LogP contribution in [0.1, 0.15) is 61.9 Å². The summed E-state index contributed by atoms with van der Waals surface area (Å²) in [6.45, 7) is 9.67. The van der Waals surface area contributed by atoms with Gasteiger partial charge in [0.15, 0.2) is 0 Å². The third-order valence-electron chi connectivity index (χ3n) is 4.24. The number of benzene rings is 1. The fourth-order valence-corrected chi connectivity index (χ4v) is 2.79. The molecular weight excluding hydrogens is 324 g/mol. The van der Waals surface area contributed by atoms with Crippen LogP contribution in [-0.2, 0) is 6.54 Å². The van der Waals surface area contributed by atoms with E-state index in [1.165, 1.54) is 5.56 Å². The Balaban J connectivity index is 2.18. The number of anilines is 1. The second-order valence-corrected chi connectivity index (χ2v) is 6.83. The van der Waals surface area contributed by atoms with Gasteiger partial charge in [0.25, 0.3) is 5.91 Å². The Kier molecular flexibility index (Phi) is 7.57. The highest BCUT2D eigenvalue weighted by molar-refractivity contribution is 5.92. The molecule has 0 radical (unpaired) electrons. The van der Waals surface area contributed by atoms with E-state index < -0.39 is 0 Å². The van der Waals surface area contributed by atoms with Gasteiger partial charge in [-0.05, 0) is 32.8 Å². The van der Waals surface area contributed by atoms with E-state index in [4.69, 9.17) is 0 Å². The first-order valence-electron chi connectivity index (χ1n) is 9.45. The van der Waals surface area contributed by atoms with Crippen LogP contribution in [0.5, 0.6) is 0 Å². The summed E-state index contributed by atoms with van der Waals surface area (Å²) in [7, 11) is 0. The molecule has 5 nitrogen and oxygen atoms in total. The number of rotatable bonds is 9. The quantitative estimate of drug-likeness (QED) is 0.688. The van der Waals surface area contributed by atoms with Crippen LogP contribution in [0.3, 0.4) is 0 Å². The molecule has 0 aliphatic rings. The molecule has 2 aromatic rings. The maximum Gasteiger partial charge on any atom is 0.270 e. The molecule has 5 heteroatoms. The number of unbranched alkanes of at least 4 members (excludes halogenated alkanes) is 2. The second kappa shape index (κ2) is 9.90. The van der Waals surface area contributed by atoms with Crippen molar-refractivity contribution in [2.45, 2.75) is 59.5 Å². The van der Waals surface area contributed by atoms with E-state index in [1.807, 2.05) is 25.1 Å². The zero-order valence-corrected chi connectivity index (χ0v) is 16.3. The summed E-state index contributed by atoms with van der Waals surface area (Å²) in [6.07, 6.45) is 3.24. The summed E-state index contributed by atoms with van der Waals surface area (Å²) in [4.78, 5) is 23.5. The Labute approximate surface area is 156 Å². The van der Waals surface area contributed by atoms with Crippen LogP contribution in [0.25, 0.3) is 0 Å². The molecule has 0 aliphatic heterocycles. The zero-order chi connectivity index (χ0) is 18.9. The number of aromatic nitrogens is 2. The van der Waals surface area contributed by atoms with Crippen molar-refractivity contribution in [3.8, 4) is 0 Å². The minimum absolute atomic E-state index is 0.128. The second-order valence-electron chi connectivity index (χ2n) is 6.83. The van der Waals surface area contributed by atoms with Gasteiger partial charge in [-0.3, -0.25) is 4.79 Å². The number of carbonyl (C=O) groups excluding carboxylic acids is 1. The van der Waals surface area contributed by atoms with Crippen molar-refractivity contribution in [2.75, 3.05) is 11.4 Å². The number of hydrogen-bond acceptors (Lipinski definition) is 4. The molecule has 0 fully saturated rings. The van der Waals surface area contributed by atoms with Gasteiger partial charge in [-0.25, -0.2) is 9.97 Å². The minimum atomic E-state index is -0.128. The highest BCUT2D eigenvalue weighted by atomic mass is 16.1. The van der Waals surface area contributed by atoms with E-state index in [-0.39, 0.29) is 11.9 Å². The van der Waals surface area contributed by atoms with Crippen molar-refractivity contribution < 1.29 is 4.79 Å². The van der Waals surface area contributed by atoms with E-state index >= 15 is 0 Å². The van der Waals surface area contributed by atoms with Crippen molar-refractivity contribution in [1.29, 1.82) is 0 Å². The third-order valence-corrected chi connectivity index (χ3v) is 4.24. The fourth-order valence-electron chi connectivity index (χ4n) is 2.79. The molecule has 1 aromatic heterocycles. The van der Waals surface area contributed by atoms with Crippen molar-refractivity contribution in [3.05, 3.63) is 53.5 Å². The summed E-state index contributed by atoms with van der Waals surface area (Å²) in [6, 6.07) is 12.3. The number of nitrogens with one attached hydrogen (secondary N) is 1. The molecule has 0 aliphatic carbocycles. The lowest BCUT2D eigenvalue weighted by molar-refractivity contribution is 0.0947. The summed E-state index contributed by atoms with van der Waals surface area (Å²) in [5, 5.41) is 2.96. The molecule has 2 rings (SSSR count). The molecule has 1 amide bonds. The molecule has 1 heterocycles. The number of hydrogen-bond donors (Lipinski definition) is 1. The van der Waals surface area contributed by atoms with Crippen molar-refractivity contribution in [1.82, 2.24) is 15.3 Å². The monoisotopic (exact) mass is 354 g/mol. The molecule has 0 spiro atoms. The Bertz CT molecular complexity index is 700. The lowest BCUT2D eigenvalue weighted by Gasteiger charge is -2.28. The molecule has 1 aromatic carbocycles. The topological polar surface area (TPSA) is 58.1 Å². The van der Waals surface area contributed by atoms with Gasteiger partial charge in [0.1, 0.15) is 17.3 Å². The van der Waals surface area contributed by atoms with Gasteiger partial charge in [0.2, 0.25) is 0 Å². The van der Waals surface area contributed by atoms with Gasteiger partial charge in [-0.1, -0.05) is 50.1 Å². The van der Waals surface area contributed by atoms with Gasteiger partial charge in [0, 0.05) is 25.2 Å². The minimum Gasteiger partial charge on any atom is -0.351 e. The van der Waals surface area contributed by atoms with E-state index in [9.17, 15) is 4.79 Å². The van der Waals surface area contributed by atoms with Crippen LogP contribution in [0.4, 0.5) is 5.82 Å². The number of amides is 1. The van der Waals surface area contributed by atoms with Gasteiger partial charge in [-0.2, -0.15) is 0 Å². The lowest BCUT2D eigenvalue weighted by atomic mass is 10.2. The van der Waals surface area contributed by atoms with Crippen molar-refractivity contribution in [3.63, 3.8) is 0 Å². The van der Waals surface area contributed by atoms with Crippen molar-refractivity contribution in [2.24, 2.45) is 0 Å². The third kappa shape index (κ3) is 5.83. The Morgan fingerprint density at radius 1 is 1.15 bits per heavy atom. The zero-order valence-electron chi connectivity index (χ0n) is 16.3. The van der Waals surface area contributed by atoms with Crippen LogP contribution < -0.4 is 10.2 Å². The molecule has 140 valence electrons. The first-order chi connectivity index (χ1) is 12.5. The fraction of sp³-hybridized carbons (Fsp3) is 0.476. The number of carbonyl (C=O) groups is 1. The van der Waals surface area contributed by atoms with Crippen LogP contribution in [0.15, 0.2) is 36.4 Å². The molecule has 1 N–H and O–H groups in total. The standard InChI is InChI=1S/C21H30N4O/c1-5-6-10-13-22-21(26)19-14-20(24-17(4)23-19)25(16(2)3)15-18-11-8-7-9-12-18/h7-9,11-12,14,16H,5-6,10,13,15H2,1-4H3,(H,22,26). The lowest BCUT2D eigenvalue weighted by Crippen LogP contribution is -2.32. The normalized spacial score (nSPS) is 10.8. The van der Waals surface area contributed by atoms with Gasteiger partial charge >= 0.3 is 0 Å². The smallest absolute Gasteiger partial charge is 0.270 e. The molecule has 26 heavy (non-hydrogen) atoms. The van der Waals surface area contributed by atoms with E-state index in [0.29, 0.717) is 18.1 Å². The maximum absolute atomic E-state index is 12.4. The Morgan fingerprint density at radius 3 is 2.54 bits per heavy atom. The Morgan fingerprint density at radius 2 is 1.88 bits per heavy atom. The molecule has 0 atom stereocenters. The number of nitrogens with zero attached hydrogens (tertiary/aromatic N) is 3. The highest BCUT2D eigenvalue weighted by Gasteiger charge is 2.17. The molecule has 0 unspecified atom stereocenters. The van der Waals surface area contributed by atoms with E-state index in [0.717, 1.165) is 31.6 Å². The van der Waals surface area contributed by atoms with E-state index in [2.05, 4.69) is 53.1 Å². The van der Waals surface area contributed by atoms with Gasteiger partial charge in [0.05, 0.1) is 0 Å². The largest absolute Gasteiger partial charge is 0.351 e. The average Bonchev–Trinajstić information content (AvgIpc) is 2.63. The van der Waals surface area contributed by atoms with Crippen LogP contribution in [0.2, 0.25) is 0 Å². The highest BCUT2D eigenvalue weighted by Crippen LogP contribution is 2.19. The van der Waals surface area contributed by atoms with Crippen LogP contribution in [-0.4, -0.2) is 28.5 Å². The van der Waals surface area contributed by atoms with Crippen LogP contribution in [0, 0.1) is 6.92 Å². The summed E-state index contributed by atoms with van der Waals surface area (Å²) < 4.78 is 0. The van der Waals surface area contributed by atoms with Gasteiger partial charge in [-0.15, -0.1) is 0 Å². The summed E-state index contributed by atoms with van der Waals surface area (Å²) >= 11 is 0. The molecule has 0 bridgehead atoms. The average molecular weight is 354 g/mol. The van der Waals surface area contributed by atoms with Gasteiger partial charge < -0.3 is 10.2 Å². The predicted molar refractivity (Wildman–Crippen MR) is 106 cm³/mol. The number of aryl methyl sites for hydroxylation is 1. The molecule has 0 saturated heterocycles. The first kappa shape index (κ1) is 19.9. The molecular formula is C21H30N4O. The molecule has 0 saturated carbocycles.